The van der Waals surface area contributed by atoms with Gasteiger partial charge in [-0.05, 0) is 35.4 Å². The number of fused-ring (bicyclic) bond motifs is 1. The average molecular weight is 256 g/mol. The number of carbonyl (C=O) groups is 1. The molecule has 0 radical (unpaired) electrons. The highest BCUT2D eigenvalue weighted by Crippen LogP contribution is 2.26. The van der Waals surface area contributed by atoms with Crippen molar-refractivity contribution >= 4 is 39.3 Å². The van der Waals surface area contributed by atoms with Gasteiger partial charge in [-0.1, -0.05) is 11.6 Å². The lowest BCUT2D eigenvalue weighted by atomic mass is 10.1. The first-order chi connectivity index (χ1) is 7.63. The number of pyridine rings is 1. The Morgan fingerprint density at radius 2 is 2.19 bits per heavy atom. The van der Waals surface area contributed by atoms with Crippen molar-refractivity contribution in [2.45, 2.75) is 6.61 Å². The first kappa shape index (κ1) is 11.3. The summed E-state index contributed by atoms with van der Waals surface area (Å²) in [5.41, 5.74) is 1.33. The summed E-state index contributed by atoms with van der Waals surface area (Å²) in [7, 11) is 0. The third-order valence-corrected chi connectivity index (χ3v) is 2.83. The normalized spacial score (nSPS) is 10.7. The van der Waals surface area contributed by atoms with Gasteiger partial charge in [-0.3, -0.25) is 9.78 Å². The van der Waals surface area contributed by atoms with E-state index in [2.05, 4.69) is 4.98 Å². The van der Waals surface area contributed by atoms with Gasteiger partial charge in [0.1, 0.15) is 0 Å². The molecule has 16 heavy (non-hydrogen) atoms. The summed E-state index contributed by atoms with van der Waals surface area (Å²) in [6.45, 7) is -0.266. The number of nitrogens with zero attached hydrogens (tertiary/aromatic N) is 1. The van der Waals surface area contributed by atoms with Crippen LogP contribution in [0.25, 0.3) is 10.9 Å². The van der Waals surface area contributed by atoms with Crippen molar-refractivity contribution in [3.8, 4) is 0 Å². The fraction of sp³-hybridized carbons (Fsp3) is 0.0909. The minimum Gasteiger partial charge on any atom is -0.392 e. The van der Waals surface area contributed by atoms with E-state index in [1.54, 1.807) is 24.4 Å². The van der Waals surface area contributed by atoms with E-state index in [-0.39, 0.29) is 12.2 Å². The molecular weight excluding hydrogens is 249 g/mol. The highest BCUT2D eigenvalue weighted by molar-refractivity contribution is 6.68. The van der Waals surface area contributed by atoms with Crippen molar-refractivity contribution in [1.29, 1.82) is 0 Å². The molecule has 0 saturated heterocycles. The van der Waals surface area contributed by atoms with Crippen LogP contribution in [-0.2, 0) is 6.61 Å². The first-order valence-electron chi connectivity index (χ1n) is 4.51. The molecule has 2 aromatic rings. The lowest BCUT2D eigenvalue weighted by Crippen LogP contribution is -1.98. The van der Waals surface area contributed by atoms with Gasteiger partial charge in [-0.15, -0.1) is 0 Å². The molecule has 1 aromatic carbocycles. The van der Waals surface area contributed by atoms with Crippen molar-refractivity contribution in [2.75, 3.05) is 0 Å². The number of hydrogen-bond acceptors (Lipinski definition) is 3. The molecule has 2 rings (SSSR count). The van der Waals surface area contributed by atoms with Crippen molar-refractivity contribution in [2.24, 2.45) is 0 Å². The third-order valence-electron chi connectivity index (χ3n) is 2.30. The molecule has 82 valence electrons. The van der Waals surface area contributed by atoms with Crippen LogP contribution in [0, 0.1) is 0 Å². The zero-order valence-corrected chi connectivity index (χ0v) is 9.59. The van der Waals surface area contributed by atoms with Crippen LogP contribution in [0.4, 0.5) is 0 Å². The van der Waals surface area contributed by atoms with Crippen LogP contribution in [0.15, 0.2) is 24.4 Å². The topological polar surface area (TPSA) is 50.2 Å². The fourth-order valence-electron chi connectivity index (χ4n) is 1.52. The van der Waals surface area contributed by atoms with Crippen LogP contribution in [-0.4, -0.2) is 15.3 Å². The van der Waals surface area contributed by atoms with Crippen LogP contribution < -0.4 is 0 Å². The maximum absolute atomic E-state index is 11.2. The van der Waals surface area contributed by atoms with E-state index < -0.39 is 5.24 Å². The standard InChI is InChI=1S/C11H7Cl2NO2/c12-9-1-2-14-10-3-6(5-15)7(11(13)16)4-8(9)10/h1-4,15H,5H2. The zero-order valence-electron chi connectivity index (χ0n) is 8.08. The monoisotopic (exact) mass is 255 g/mol. The van der Waals surface area contributed by atoms with Gasteiger partial charge in [0.05, 0.1) is 17.1 Å². The van der Waals surface area contributed by atoms with E-state index in [1.165, 1.54) is 0 Å². The predicted molar refractivity (Wildman–Crippen MR) is 62.9 cm³/mol. The van der Waals surface area contributed by atoms with Crippen molar-refractivity contribution in [3.63, 3.8) is 0 Å². The lowest BCUT2D eigenvalue weighted by Gasteiger charge is -2.06. The Bertz CT molecular complexity index is 569. The number of hydrogen-bond donors (Lipinski definition) is 1. The molecule has 5 heteroatoms. The zero-order chi connectivity index (χ0) is 11.7. The summed E-state index contributed by atoms with van der Waals surface area (Å²) in [4.78, 5) is 15.3. The van der Waals surface area contributed by atoms with E-state index in [0.29, 0.717) is 21.5 Å². The van der Waals surface area contributed by atoms with E-state index in [9.17, 15) is 4.79 Å². The van der Waals surface area contributed by atoms with Crippen molar-refractivity contribution < 1.29 is 9.90 Å². The number of aromatic nitrogens is 1. The second-order valence-electron chi connectivity index (χ2n) is 3.25. The van der Waals surface area contributed by atoms with E-state index in [4.69, 9.17) is 28.3 Å². The van der Waals surface area contributed by atoms with Gasteiger partial charge < -0.3 is 5.11 Å². The number of benzene rings is 1. The Morgan fingerprint density at radius 1 is 1.44 bits per heavy atom. The summed E-state index contributed by atoms with van der Waals surface area (Å²) >= 11 is 11.4. The molecule has 1 heterocycles. The Morgan fingerprint density at radius 3 is 2.81 bits per heavy atom. The van der Waals surface area contributed by atoms with Gasteiger partial charge >= 0.3 is 0 Å². The molecule has 1 aromatic heterocycles. The molecule has 0 fully saturated rings. The minimum absolute atomic E-state index is 0.256. The number of carbonyl (C=O) groups excluding carboxylic acids is 1. The fourth-order valence-corrected chi connectivity index (χ4v) is 1.90. The van der Waals surface area contributed by atoms with Crippen LogP contribution >= 0.6 is 23.2 Å². The SMILES string of the molecule is O=C(Cl)c1cc2c(Cl)ccnc2cc1CO. The van der Waals surface area contributed by atoms with Crippen LogP contribution in [0.3, 0.4) is 0 Å². The van der Waals surface area contributed by atoms with E-state index >= 15 is 0 Å². The molecule has 0 amide bonds. The van der Waals surface area contributed by atoms with Gasteiger partial charge in [0.2, 0.25) is 0 Å². The Balaban J connectivity index is 2.81. The van der Waals surface area contributed by atoms with Gasteiger partial charge in [-0.2, -0.15) is 0 Å². The maximum Gasteiger partial charge on any atom is 0.252 e. The van der Waals surface area contributed by atoms with Gasteiger partial charge in [0.25, 0.3) is 5.24 Å². The molecular formula is C11H7Cl2NO2. The summed E-state index contributed by atoms with van der Waals surface area (Å²) < 4.78 is 0. The number of aliphatic hydroxyl groups is 1. The second-order valence-corrected chi connectivity index (χ2v) is 4.00. The Hall–Kier alpha value is -1.16. The minimum atomic E-state index is -0.620. The molecule has 1 N–H and O–H groups in total. The third kappa shape index (κ3) is 1.89. The quantitative estimate of drug-likeness (QED) is 0.840. The van der Waals surface area contributed by atoms with Gasteiger partial charge in [0, 0.05) is 17.1 Å². The molecule has 0 unspecified atom stereocenters. The van der Waals surface area contributed by atoms with Gasteiger partial charge in [0.15, 0.2) is 0 Å². The molecule has 0 bridgehead atoms. The van der Waals surface area contributed by atoms with Crippen LogP contribution in [0.2, 0.25) is 5.02 Å². The second kappa shape index (κ2) is 4.37. The van der Waals surface area contributed by atoms with Crippen molar-refractivity contribution in [1.82, 2.24) is 4.98 Å². The summed E-state index contributed by atoms with van der Waals surface area (Å²) in [6, 6.07) is 4.79. The van der Waals surface area contributed by atoms with Crippen molar-refractivity contribution in [3.05, 3.63) is 40.5 Å². The lowest BCUT2D eigenvalue weighted by molar-refractivity contribution is 0.107. The Kier molecular flexibility index (Phi) is 3.10. The van der Waals surface area contributed by atoms with E-state index in [1.807, 2.05) is 0 Å². The first-order valence-corrected chi connectivity index (χ1v) is 5.27. The summed E-state index contributed by atoms with van der Waals surface area (Å²) in [6.07, 6.45) is 1.56. The number of aliphatic hydroxyl groups excluding tert-OH is 1. The molecule has 3 nitrogen and oxygen atoms in total. The van der Waals surface area contributed by atoms with Gasteiger partial charge in [-0.25, -0.2) is 0 Å². The number of rotatable bonds is 2. The summed E-state index contributed by atoms with van der Waals surface area (Å²) in [5, 5.41) is 9.64. The molecule has 0 aliphatic rings. The molecule has 0 aliphatic carbocycles. The largest absolute Gasteiger partial charge is 0.392 e. The maximum atomic E-state index is 11.2. The smallest absolute Gasteiger partial charge is 0.252 e. The predicted octanol–water partition coefficient (Wildman–Crippen LogP) is 2.76. The summed E-state index contributed by atoms with van der Waals surface area (Å²) in [5.74, 6) is 0. The Labute approximate surface area is 102 Å². The molecule has 0 atom stereocenters. The molecule has 0 spiro atoms. The van der Waals surface area contributed by atoms with Crippen LogP contribution in [0.5, 0.6) is 0 Å². The van der Waals surface area contributed by atoms with E-state index in [0.717, 1.165) is 0 Å². The average Bonchev–Trinajstić information content (AvgIpc) is 2.27. The number of halogens is 2. The van der Waals surface area contributed by atoms with Crippen LogP contribution in [0.1, 0.15) is 15.9 Å². The highest BCUT2D eigenvalue weighted by atomic mass is 35.5. The molecule has 0 saturated carbocycles. The molecule has 0 aliphatic heterocycles. The highest BCUT2D eigenvalue weighted by Gasteiger charge is 2.11.